The van der Waals surface area contributed by atoms with Crippen LogP contribution in [0.5, 0.6) is 11.5 Å². The molecule has 0 saturated carbocycles. The zero-order valence-corrected chi connectivity index (χ0v) is 16.0. The van der Waals surface area contributed by atoms with Gasteiger partial charge in [0.25, 0.3) is 0 Å². The number of pyridine rings is 1. The van der Waals surface area contributed by atoms with Gasteiger partial charge in [0.05, 0.1) is 5.69 Å². The van der Waals surface area contributed by atoms with Gasteiger partial charge in [-0.15, -0.1) is 0 Å². The molecule has 1 heterocycles. The lowest BCUT2D eigenvalue weighted by molar-refractivity contribution is -0.0498. The highest BCUT2D eigenvalue weighted by Crippen LogP contribution is 2.34. The second-order valence-electron chi connectivity index (χ2n) is 5.72. The molecule has 1 aromatic heterocycles. The van der Waals surface area contributed by atoms with Crippen LogP contribution < -0.4 is 10.1 Å². The Labute approximate surface area is 164 Å². The fraction of sp³-hybridized carbons (Fsp3) is 0.150. The van der Waals surface area contributed by atoms with Crippen LogP contribution >= 0.6 is 15.9 Å². The summed E-state index contributed by atoms with van der Waals surface area (Å²) in [6, 6.07) is 15.2. The molecule has 0 fully saturated rings. The maximum absolute atomic E-state index is 12.3. The van der Waals surface area contributed by atoms with E-state index in [0.717, 1.165) is 15.6 Å². The highest BCUT2D eigenvalue weighted by atomic mass is 79.9. The van der Waals surface area contributed by atoms with Gasteiger partial charge >= 0.3 is 6.61 Å². The molecule has 3 aromatic rings. The van der Waals surface area contributed by atoms with Crippen LogP contribution in [0.25, 0.3) is 22.4 Å². The van der Waals surface area contributed by atoms with Crippen molar-refractivity contribution in [1.82, 2.24) is 4.98 Å². The number of ether oxygens (including phenoxy) is 1. The first-order valence-corrected chi connectivity index (χ1v) is 9.05. The smallest absolute Gasteiger partial charge is 0.387 e. The number of nitrogens with zero attached hydrogens (tertiary/aromatic N) is 1. The van der Waals surface area contributed by atoms with E-state index in [1.54, 1.807) is 30.3 Å². The summed E-state index contributed by atoms with van der Waals surface area (Å²) in [5, 5.41) is 13.4. The Morgan fingerprint density at radius 2 is 1.81 bits per heavy atom. The van der Waals surface area contributed by atoms with Crippen molar-refractivity contribution in [3.8, 4) is 33.9 Å². The highest BCUT2D eigenvalue weighted by Gasteiger charge is 2.11. The molecule has 7 heteroatoms. The summed E-state index contributed by atoms with van der Waals surface area (Å²) in [5.74, 6) is 0.864. The normalized spacial score (nSPS) is 10.9. The molecule has 0 saturated heterocycles. The average molecular weight is 435 g/mol. The lowest BCUT2D eigenvalue weighted by Crippen LogP contribution is -2.02. The SMILES string of the molecule is CCNc1cc(-c2ccc(OC(F)F)cc2)cc(-c2cc(Br)ccc2O)n1. The molecule has 4 nitrogen and oxygen atoms in total. The summed E-state index contributed by atoms with van der Waals surface area (Å²) in [6.45, 7) is -0.217. The molecule has 2 N–H and O–H groups in total. The minimum atomic E-state index is -2.86. The zero-order chi connectivity index (χ0) is 19.4. The average Bonchev–Trinajstić information content (AvgIpc) is 2.64. The van der Waals surface area contributed by atoms with Crippen molar-refractivity contribution in [1.29, 1.82) is 0 Å². The third-order valence-corrected chi connectivity index (χ3v) is 4.32. The maximum Gasteiger partial charge on any atom is 0.387 e. The van der Waals surface area contributed by atoms with Crippen LogP contribution in [0.4, 0.5) is 14.6 Å². The Kier molecular flexibility index (Phi) is 5.91. The monoisotopic (exact) mass is 434 g/mol. The molecule has 0 aliphatic heterocycles. The molecule has 0 amide bonds. The summed E-state index contributed by atoms with van der Waals surface area (Å²) in [4.78, 5) is 4.56. The summed E-state index contributed by atoms with van der Waals surface area (Å²) in [6.07, 6.45) is 0. The van der Waals surface area contributed by atoms with Gasteiger partial charge in [-0.3, -0.25) is 0 Å². The van der Waals surface area contributed by atoms with E-state index in [0.29, 0.717) is 23.6 Å². The van der Waals surface area contributed by atoms with Crippen molar-refractivity contribution in [2.45, 2.75) is 13.5 Å². The molecule has 140 valence electrons. The molecule has 0 aliphatic carbocycles. The van der Waals surface area contributed by atoms with Gasteiger partial charge in [0.2, 0.25) is 0 Å². The predicted octanol–water partition coefficient (Wildman–Crippen LogP) is 5.92. The first kappa shape index (κ1) is 19.1. The third kappa shape index (κ3) is 4.74. The van der Waals surface area contributed by atoms with E-state index in [1.165, 1.54) is 12.1 Å². The zero-order valence-electron chi connectivity index (χ0n) is 14.4. The van der Waals surface area contributed by atoms with E-state index in [1.807, 2.05) is 19.1 Å². The number of benzene rings is 2. The molecule has 2 aromatic carbocycles. The van der Waals surface area contributed by atoms with Gasteiger partial charge in [-0.25, -0.2) is 4.98 Å². The van der Waals surface area contributed by atoms with E-state index in [2.05, 4.69) is 31.0 Å². The third-order valence-electron chi connectivity index (χ3n) is 3.83. The number of phenols is 1. The number of halogens is 3. The van der Waals surface area contributed by atoms with Crippen molar-refractivity contribution >= 4 is 21.7 Å². The molecule has 0 bridgehead atoms. The number of hydrogen-bond donors (Lipinski definition) is 2. The van der Waals surface area contributed by atoms with Gasteiger partial charge < -0.3 is 15.2 Å². The van der Waals surface area contributed by atoms with Crippen LogP contribution in [0.2, 0.25) is 0 Å². The topological polar surface area (TPSA) is 54.4 Å². The Balaban J connectivity index is 2.05. The van der Waals surface area contributed by atoms with Crippen LogP contribution in [0.1, 0.15) is 6.92 Å². The Hall–Kier alpha value is -2.67. The first-order chi connectivity index (χ1) is 13.0. The van der Waals surface area contributed by atoms with Crippen LogP contribution in [-0.2, 0) is 0 Å². The fourth-order valence-electron chi connectivity index (χ4n) is 2.65. The van der Waals surface area contributed by atoms with E-state index < -0.39 is 6.61 Å². The molecule has 0 atom stereocenters. The van der Waals surface area contributed by atoms with Crippen molar-refractivity contribution in [3.05, 3.63) is 59.1 Å². The summed E-state index contributed by atoms with van der Waals surface area (Å²) < 4.78 is 29.9. The second kappa shape index (κ2) is 8.35. The molecule has 0 aliphatic rings. The molecule has 3 rings (SSSR count). The number of nitrogens with one attached hydrogen (secondary N) is 1. The predicted molar refractivity (Wildman–Crippen MR) is 105 cm³/mol. The van der Waals surface area contributed by atoms with Crippen LogP contribution in [0.15, 0.2) is 59.1 Å². The molecule has 0 spiro atoms. The van der Waals surface area contributed by atoms with Crippen molar-refractivity contribution < 1.29 is 18.6 Å². The van der Waals surface area contributed by atoms with Crippen LogP contribution in [0.3, 0.4) is 0 Å². The largest absolute Gasteiger partial charge is 0.507 e. The minimum Gasteiger partial charge on any atom is -0.507 e. The standard InChI is InChI=1S/C20H17BrF2N2O2/c1-2-24-19-10-13(12-3-6-15(7-4-12)27-20(22)23)9-17(25-19)16-11-14(21)5-8-18(16)26/h3-11,20,26H,2H2,1H3,(H,24,25). The van der Waals surface area contributed by atoms with E-state index >= 15 is 0 Å². The number of rotatable bonds is 6. The van der Waals surface area contributed by atoms with Crippen LogP contribution in [-0.4, -0.2) is 23.2 Å². The number of anilines is 1. The van der Waals surface area contributed by atoms with E-state index in [4.69, 9.17) is 0 Å². The van der Waals surface area contributed by atoms with Crippen LogP contribution in [0, 0.1) is 0 Å². The van der Waals surface area contributed by atoms with E-state index in [-0.39, 0.29) is 11.5 Å². The van der Waals surface area contributed by atoms with Gasteiger partial charge in [0, 0.05) is 16.6 Å². The van der Waals surface area contributed by atoms with Crippen molar-refractivity contribution in [2.75, 3.05) is 11.9 Å². The second-order valence-corrected chi connectivity index (χ2v) is 6.64. The lowest BCUT2D eigenvalue weighted by Gasteiger charge is -2.12. The lowest BCUT2D eigenvalue weighted by atomic mass is 10.0. The van der Waals surface area contributed by atoms with Crippen molar-refractivity contribution in [3.63, 3.8) is 0 Å². The van der Waals surface area contributed by atoms with Gasteiger partial charge in [-0.1, -0.05) is 28.1 Å². The summed E-state index contributed by atoms with van der Waals surface area (Å²) >= 11 is 3.40. The molecular weight excluding hydrogens is 418 g/mol. The fourth-order valence-corrected chi connectivity index (χ4v) is 3.01. The number of phenolic OH excluding ortho intramolecular Hbond substituents is 1. The molecule has 0 radical (unpaired) electrons. The molecule has 27 heavy (non-hydrogen) atoms. The van der Waals surface area contributed by atoms with Gasteiger partial charge in [-0.05, 0) is 60.5 Å². The number of aromatic nitrogens is 1. The van der Waals surface area contributed by atoms with Gasteiger partial charge in [0.15, 0.2) is 0 Å². The van der Waals surface area contributed by atoms with E-state index in [9.17, 15) is 13.9 Å². The number of alkyl halides is 2. The van der Waals surface area contributed by atoms with Crippen molar-refractivity contribution in [2.24, 2.45) is 0 Å². The highest BCUT2D eigenvalue weighted by molar-refractivity contribution is 9.10. The quantitative estimate of drug-likeness (QED) is 0.505. The van der Waals surface area contributed by atoms with Gasteiger partial charge in [0.1, 0.15) is 17.3 Å². The minimum absolute atomic E-state index is 0.0968. The number of hydrogen-bond acceptors (Lipinski definition) is 4. The Bertz CT molecular complexity index is 934. The molecule has 0 unspecified atom stereocenters. The Morgan fingerprint density at radius 3 is 2.48 bits per heavy atom. The number of aromatic hydroxyl groups is 1. The summed E-state index contributed by atoms with van der Waals surface area (Å²) in [5.41, 5.74) is 2.83. The molecular formula is C20H17BrF2N2O2. The maximum atomic E-state index is 12.3. The Morgan fingerprint density at radius 1 is 1.07 bits per heavy atom. The van der Waals surface area contributed by atoms with Gasteiger partial charge in [-0.2, -0.15) is 8.78 Å². The summed E-state index contributed by atoms with van der Waals surface area (Å²) in [7, 11) is 0. The first-order valence-electron chi connectivity index (χ1n) is 8.26.